The number of methoxy groups -OCH3 is 1. The molecule has 0 spiro atoms. The number of benzene rings is 1. The molecular formula is C16H28N2O2. The molecule has 1 N–H and O–H groups in total. The van der Waals surface area contributed by atoms with Crippen molar-refractivity contribution in [2.45, 2.75) is 26.3 Å². The summed E-state index contributed by atoms with van der Waals surface area (Å²) in [5.74, 6) is 1.60. The first kappa shape index (κ1) is 16.8. The van der Waals surface area contributed by atoms with Crippen LogP contribution in [0.2, 0.25) is 0 Å². The molecule has 1 atom stereocenters. The Hall–Kier alpha value is -1.26. The van der Waals surface area contributed by atoms with Crippen molar-refractivity contribution >= 4 is 0 Å². The van der Waals surface area contributed by atoms with E-state index in [2.05, 4.69) is 36.2 Å². The zero-order valence-corrected chi connectivity index (χ0v) is 13.4. The number of hydrogen-bond acceptors (Lipinski definition) is 4. The molecule has 0 bridgehead atoms. The molecule has 1 unspecified atom stereocenters. The van der Waals surface area contributed by atoms with E-state index in [0.717, 1.165) is 31.0 Å². The van der Waals surface area contributed by atoms with Gasteiger partial charge in [0.05, 0.1) is 7.11 Å². The second kappa shape index (κ2) is 8.82. The predicted molar refractivity (Wildman–Crippen MR) is 83.8 cm³/mol. The van der Waals surface area contributed by atoms with Crippen LogP contribution in [0.15, 0.2) is 18.2 Å². The van der Waals surface area contributed by atoms with Crippen molar-refractivity contribution in [3.8, 4) is 11.5 Å². The van der Waals surface area contributed by atoms with Crippen LogP contribution >= 0.6 is 0 Å². The van der Waals surface area contributed by atoms with E-state index in [-0.39, 0.29) is 0 Å². The Morgan fingerprint density at radius 2 is 2.00 bits per heavy atom. The molecule has 1 aromatic rings. The first-order valence-corrected chi connectivity index (χ1v) is 7.27. The van der Waals surface area contributed by atoms with Crippen LogP contribution in [0.25, 0.3) is 0 Å². The molecular weight excluding hydrogens is 252 g/mol. The lowest BCUT2D eigenvalue weighted by atomic mass is 10.1. The van der Waals surface area contributed by atoms with Crippen molar-refractivity contribution in [2.24, 2.45) is 0 Å². The average molecular weight is 280 g/mol. The second-order valence-corrected chi connectivity index (χ2v) is 5.24. The predicted octanol–water partition coefficient (Wildman–Crippen LogP) is 2.70. The number of rotatable bonds is 9. The van der Waals surface area contributed by atoms with Crippen LogP contribution in [0.4, 0.5) is 0 Å². The maximum absolute atomic E-state index is 5.77. The highest BCUT2D eigenvalue weighted by atomic mass is 16.5. The summed E-state index contributed by atoms with van der Waals surface area (Å²) in [5, 5.41) is 3.47. The topological polar surface area (TPSA) is 33.7 Å². The summed E-state index contributed by atoms with van der Waals surface area (Å²) < 4.78 is 11.2. The van der Waals surface area contributed by atoms with E-state index < -0.39 is 0 Å². The SMILES string of the molecule is CCCNC(C)c1ccc(OCCN(C)C)c(OC)c1. The Morgan fingerprint density at radius 1 is 1.25 bits per heavy atom. The van der Waals surface area contributed by atoms with Gasteiger partial charge < -0.3 is 19.7 Å². The van der Waals surface area contributed by atoms with E-state index in [0.29, 0.717) is 12.6 Å². The van der Waals surface area contributed by atoms with Crippen LogP contribution in [0, 0.1) is 0 Å². The van der Waals surface area contributed by atoms with Gasteiger partial charge in [0, 0.05) is 12.6 Å². The number of ether oxygens (including phenoxy) is 2. The Kier molecular flexibility index (Phi) is 7.41. The molecule has 0 aliphatic heterocycles. The lowest BCUT2D eigenvalue weighted by Crippen LogP contribution is -2.20. The number of likely N-dealkylation sites (N-methyl/N-ethyl adjacent to an activating group) is 1. The number of nitrogens with one attached hydrogen (secondary N) is 1. The fourth-order valence-corrected chi connectivity index (χ4v) is 1.89. The van der Waals surface area contributed by atoms with Crippen LogP contribution in [-0.2, 0) is 0 Å². The zero-order chi connectivity index (χ0) is 15.0. The quantitative estimate of drug-likeness (QED) is 0.754. The van der Waals surface area contributed by atoms with Gasteiger partial charge in [-0.3, -0.25) is 0 Å². The molecule has 0 fully saturated rings. The maximum atomic E-state index is 5.77. The Bertz CT molecular complexity index is 394. The molecule has 0 radical (unpaired) electrons. The molecule has 0 heterocycles. The lowest BCUT2D eigenvalue weighted by Gasteiger charge is -2.17. The summed E-state index contributed by atoms with van der Waals surface area (Å²) in [6.07, 6.45) is 1.13. The fourth-order valence-electron chi connectivity index (χ4n) is 1.89. The molecule has 1 rings (SSSR count). The van der Waals surface area contributed by atoms with E-state index in [1.807, 2.05) is 20.2 Å². The van der Waals surface area contributed by atoms with E-state index in [1.54, 1.807) is 7.11 Å². The summed E-state index contributed by atoms with van der Waals surface area (Å²) in [7, 11) is 5.75. The van der Waals surface area contributed by atoms with Gasteiger partial charge in [0.25, 0.3) is 0 Å². The van der Waals surface area contributed by atoms with Gasteiger partial charge in [-0.1, -0.05) is 13.0 Å². The average Bonchev–Trinajstić information content (AvgIpc) is 2.44. The first-order chi connectivity index (χ1) is 9.58. The standard InChI is InChI=1S/C16H28N2O2/c1-6-9-17-13(2)14-7-8-15(16(12-14)19-5)20-11-10-18(3)4/h7-8,12-13,17H,6,9-11H2,1-5H3. The highest BCUT2D eigenvalue weighted by molar-refractivity contribution is 5.43. The minimum absolute atomic E-state index is 0.319. The van der Waals surface area contributed by atoms with Crippen molar-refractivity contribution < 1.29 is 9.47 Å². The van der Waals surface area contributed by atoms with Crippen molar-refractivity contribution in [3.63, 3.8) is 0 Å². The van der Waals surface area contributed by atoms with Gasteiger partial charge in [0.2, 0.25) is 0 Å². The van der Waals surface area contributed by atoms with Crippen molar-refractivity contribution in [1.29, 1.82) is 0 Å². The van der Waals surface area contributed by atoms with E-state index in [4.69, 9.17) is 9.47 Å². The number of hydrogen-bond donors (Lipinski definition) is 1. The van der Waals surface area contributed by atoms with Gasteiger partial charge in [-0.05, 0) is 51.7 Å². The van der Waals surface area contributed by atoms with Gasteiger partial charge in [0.1, 0.15) is 6.61 Å². The summed E-state index contributed by atoms with van der Waals surface area (Å²) in [5.41, 5.74) is 1.22. The summed E-state index contributed by atoms with van der Waals surface area (Å²) in [6.45, 7) is 6.90. The van der Waals surface area contributed by atoms with Crippen molar-refractivity contribution in [1.82, 2.24) is 10.2 Å². The monoisotopic (exact) mass is 280 g/mol. The van der Waals surface area contributed by atoms with Crippen LogP contribution in [0.3, 0.4) is 0 Å². The molecule has 0 aliphatic carbocycles. The third-order valence-corrected chi connectivity index (χ3v) is 3.18. The normalized spacial score (nSPS) is 12.5. The van der Waals surface area contributed by atoms with Gasteiger partial charge >= 0.3 is 0 Å². The minimum atomic E-state index is 0.319. The van der Waals surface area contributed by atoms with E-state index >= 15 is 0 Å². The Morgan fingerprint density at radius 3 is 2.60 bits per heavy atom. The van der Waals surface area contributed by atoms with Gasteiger partial charge in [-0.15, -0.1) is 0 Å². The van der Waals surface area contributed by atoms with Gasteiger partial charge in [-0.25, -0.2) is 0 Å². The van der Waals surface area contributed by atoms with E-state index in [9.17, 15) is 0 Å². The fraction of sp³-hybridized carbons (Fsp3) is 0.625. The summed E-state index contributed by atoms with van der Waals surface area (Å²) >= 11 is 0. The van der Waals surface area contributed by atoms with E-state index in [1.165, 1.54) is 5.56 Å². The molecule has 0 aliphatic rings. The molecule has 0 saturated carbocycles. The van der Waals surface area contributed by atoms with Crippen LogP contribution in [0.1, 0.15) is 31.9 Å². The molecule has 1 aromatic carbocycles. The van der Waals surface area contributed by atoms with Crippen LogP contribution < -0.4 is 14.8 Å². The number of nitrogens with zero attached hydrogens (tertiary/aromatic N) is 1. The molecule has 0 aromatic heterocycles. The Balaban J connectivity index is 2.69. The largest absolute Gasteiger partial charge is 0.493 e. The zero-order valence-electron chi connectivity index (χ0n) is 13.4. The van der Waals surface area contributed by atoms with Crippen LogP contribution in [-0.4, -0.2) is 45.8 Å². The van der Waals surface area contributed by atoms with Crippen molar-refractivity contribution in [3.05, 3.63) is 23.8 Å². The van der Waals surface area contributed by atoms with Gasteiger partial charge in [-0.2, -0.15) is 0 Å². The summed E-state index contributed by atoms with van der Waals surface area (Å²) in [4.78, 5) is 2.09. The minimum Gasteiger partial charge on any atom is -0.493 e. The molecule has 0 saturated heterocycles. The first-order valence-electron chi connectivity index (χ1n) is 7.27. The molecule has 4 heteroatoms. The molecule has 20 heavy (non-hydrogen) atoms. The smallest absolute Gasteiger partial charge is 0.161 e. The highest BCUT2D eigenvalue weighted by Gasteiger charge is 2.10. The second-order valence-electron chi connectivity index (χ2n) is 5.24. The molecule has 4 nitrogen and oxygen atoms in total. The third-order valence-electron chi connectivity index (χ3n) is 3.18. The van der Waals surface area contributed by atoms with Gasteiger partial charge in [0.15, 0.2) is 11.5 Å². The summed E-state index contributed by atoms with van der Waals surface area (Å²) in [6, 6.07) is 6.47. The molecule has 0 amide bonds. The van der Waals surface area contributed by atoms with Crippen LogP contribution in [0.5, 0.6) is 11.5 Å². The molecule has 114 valence electrons. The third kappa shape index (κ3) is 5.39. The van der Waals surface area contributed by atoms with Crippen molar-refractivity contribution in [2.75, 3.05) is 40.9 Å². The Labute approximate surface area is 123 Å². The maximum Gasteiger partial charge on any atom is 0.161 e. The lowest BCUT2D eigenvalue weighted by molar-refractivity contribution is 0.250. The highest BCUT2D eigenvalue weighted by Crippen LogP contribution is 2.30.